The third kappa shape index (κ3) is 3.48. The lowest BCUT2D eigenvalue weighted by Crippen LogP contribution is -2.60. The average Bonchev–Trinajstić information content (AvgIpc) is 2.53. The predicted octanol–water partition coefficient (Wildman–Crippen LogP) is 1.07. The van der Waals surface area contributed by atoms with E-state index >= 15 is 0 Å². The number of ether oxygens (including phenoxy) is 1. The molecular formula is C17H26N2O3. The van der Waals surface area contributed by atoms with E-state index in [1.54, 1.807) is 4.90 Å². The molecule has 1 heterocycles. The number of hydrogen-bond acceptors (Lipinski definition) is 4. The highest BCUT2D eigenvalue weighted by Crippen LogP contribution is 2.35. The van der Waals surface area contributed by atoms with Crippen LogP contribution < -0.4 is 0 Å². The van der Waals surface area contributed by atoms with E-state index in [4.69, 9.17) is 4.74 Å². The molecule has 2 atom stereocenters. The van der Waals surface area contributed by atoms with E-state index in [0.29, 0.717) is 26.1 Å². The molecule has 0 saturated carbocycles. The quantitative estimate of drug-likeness (QED) is 0.884. The number of likely N-dealkylation sites (N-methyl/N-ethyl adjacent to an activating group) is 1. The highest BCUT2D eigenvalue weighted by molar-refractivity contribution is 5.77. The minimum absolute atomic E-state index is 0.0104. The number of likely N-dealkylation sites (tertiary alicyclic amines) is 1. The first-order chi connectivity index (χ1) is 10.5. The summed E-state index contributed by atoms with van der Waals surface area (Å²) < 4.78 is 5.21. The second-order valence-corrected chi connectivity index (χ2v) is 6.00. The van der Waals surface area contributed by atoms with Gasteiger partial charge in [-0.3, -0.25) is 4.79 Å². The zero-order valence-electron chi connectivity index (χ0n) is 13.7. The normalized spacial score (nSPS) is 25.5. The predicted molar refractivity (Wildman–Crippen MR) is 85.5 cm³/mol. The average molecular weight is 306 g/mol. The molecule has 122 valence electrons. The monoisotopic (exact) mass is 306 g/mol. The Bertz CT molecular complexity index is 492. The van der Waals surface area contributed by atoms with Crippen molar-refractivity contribution in [2.75, 3.05) is 40.4 Å². The standard InChI is InChI=1S/C17H26N2O3/c1-4-22-13-16(20)19-11-10-17(21,15(12-19)18(2)3)14-8-6-5-7-9-14/h5-9,15,21H,4,10-13H2,1-3H3/t15-,17+/m1/s1. The molecule has 1 aliphatic heterocycles. The minimum atomic E-state index is -0.937. The molecule has 0 unspecified atom stereocenters. The topological polar surface area (TPSA) is 53.0 Å². The van der Waals surface area contributed by atoms with Crippen molar-refractivity contribution in [3.63, 3.8) is 0 Å². The van der Waals surface area contributed by atoms with Crippen LogP contribution >= 0.6 is 0 Å². The van der Waals surface area contributed by atoms with Gasteiger partial charge in [0.1, 0.15) is 12.2 Å². The first kappa shape index (κ1) is 16.9. The number of carbonyl (C=O) groups excluding carboxylic acids is 1. The maximum atomic E-state index is 12.2. The molecule has 0 aromatic heterocycles. The molecule has 1 saturated heterocycles. The van der Waals surface area contributed by atoms with Gasteiger partial charge in [-0.05, 0) is 33.0 Å². The zero-order chi connectivity index (χ0) is 16.2. The summed E-state index contributed by atoms with van der Waals surface area (Å²) >= 11 is 0. The Labute approximate surface area is 132 Å². The molecule has 0 bridgehead atoms. The van der Waals surface area contributed by atoms with Gasteiger partial charge >= 0.3 is 0 Å². The molecule has 1 N–H and O–H groups in total. The van der Waals surface area contributed by atoms with E-state index in [1.165, 1.54) is 0 Å². The number of piperidine rings is 1. The molecule has 5 heteroatoms. The lowest BCUT2D eigenvalue weighted by molar-refractivity contribution is -0.146. The second kappa shape index (κ2) is 7.22. The van der Waals surface area contributed by atoms with Crippen molar-refractivity contribution in [3.05, 3.63) is 35.9 Å². The fourth-order valence-corrected chi connectivity index (χ4v) is 3.08. The van der Waals surface area contributed by atoms with Crippen molar-refractivity contribution >= 4 is 5.91 Å². The van der Waals surface area contributed by atoms with Gasteiger partial charge in [-0.25, -0.2) is 0 Å². The largest absolute Gasteiger partial charge is 0.383 e. The van der Waals surface area contributed by atoms with Crippen LogP contribution in [0.5, 0.6) is 0 Å². The van der Waals surface area contributed by atoms with Crippen LogP contribution in [-0.4, -0.2) is 67.3 Å². The summed E-state index contributed by atoms with van der Waals surface area (Å²) in [7, 11) is 3.88. The van der Waals surface area contributed by atoms with E-state index in [0.717, 1.165) is 5.56 Å². The number of nitrogens with zero attached hydrogens (tertiary/aromatic N) is 2. The lowest BCUT2D eigenvalue weighted by Gasteiger charge is -2.47. The smallest absolute Gasteiger partial charge is 0.248 e. The SMILES string of the molecule is CCOCC(=O)N1CC[C@](O)(c2ccccc2)[C@H](N(C)C)C1. The molecule has 0 aliphatic carbocycles. The molecule has 1 aliphatic rings. The first-order valence-corrected chi connectivity index (χ1v) is 7.79. The van der Waals surface area contributed by atoms with Crippen molar-refractivity contribution in [2.24, 2.45) is 0 Å². The summed E-state index contributed by atoms with van der Waals surface area (Å²) in [5.74, 6) is -0.0104. The second-order valence-electron chi connectivity index (χ2n) is 6.00. The summed E-state index contributed by atoms with van der Waals surface area (Å²) in [6.45, 7) is 3.57. The van der Waals surface area contributed by atoms with Crippen molar-refractivity contribution < 1.29 is 14.6 Å². The number of hydrogen-bond donors (Lipinski definition) is 1. The van der Waals surface area contributed by atoms with Crippen molar-refractivity contribution in [1.82, 2.24) is 9.80 Å². The number of benzene rings is 1. The highest BCUT2D eigenvalue weighted by Gasteiger charge is 2.44. The molecule has 0 radical (unpaired) electrons. The number of carbonyl (C=O) groups is 1. The molecule has 1 aromatic carbocycles. The maximum Gasteiger partial charge on any atom is 0.248 e. The Kier molecular flexibility index (Phi) is 5.56. The van der Waals surface area contributed by atoms with Gasteiger partial charge in [0, 0.05) is 19.7 Å². The molecule has 1 aromatic rings. The number of rotatable bonds is 5. The Morgan fingerprint density at radius 3 is 2.68 bits per heavy atom. The van der Waals surface area contributed by atoms with Gasteiger partial charge in [-0.2, -0.15) is 0 Å². The Balaban J connectivity index is 2.17. The van der Waals surface area contributed by atoms with Crippen LogP contribution in [-0.2, 0) is 15.1 Å². The number of aliphatic hydroxyl groups is 1. The summed E-state index contributed by atoms with van der Waals surface area (Å²) in [6.07, 6.45) is 0.526. The van der Waals surface area contributed by atoms with Gasteiger partial charge in [0.25, 0.3) is 0 Å². The Morgan fingerprint density at radius 2 is 2.09 bits per heavy atom. The van der Waals surface area contributed by atoms with Crippen LogP contribution in [0.2, 0.25) is 0 Å². The van der Waals surface area contributed by atoms with Crippen molar-refractivity contribution in [1.29, 1.82) is 0 Å². The van der Waals surface area contributed by atoms with Crippen LogP contribution in [0.4, 0.5) is 0 Å². The van der Waals surface area contributed by atoms with Crippen molar-refractivity contribution in [2.45, 2.75) is 25.0 Å². The van der Waals surface area contributed by atoms with Crippen LogP contribution in [0.25, 0.3) is 0 Å². The van der Waals surface area contributed by atoms with E-state index in [2.05, 4.69) is 0 Å². The van der Waals surface area contributed by atoms with Crippen LogP contribution in [0.1, 0.15) is 18.9 Å². The van der Waals surface area contributed by atoms with Gasteiger partial charge in [-0.15, -0.1) is 0 Å². The van der Waals surface area contributed by atoms with Crippen LogP contribution in [0.3, 0.4) is 0 Å². The third-order valence-electron chi connectivity index (χ3n) is 4.39. The first-order valence-electron chi connectivity index (χ1n) is 7.79. The van der Waals surface area contributed by atoms with Gasteiger partial charge in [0.05, 0.1) is 6.04 Å². The summed E-state index contributed by atoms with van der Waals surface area (Å²) in [5.41, 5.74) is -0.0294. The van der Waals surface area contributed by atoms with E-state index < -0.39 is 5.60 Å². The Hall–Kier alpha value is -1.43. The van der Waals surface area contributed by atoms with E-state index in [9.17, 15) is 9.90 Å². The minimum Gasteiger partial charge on any atom is -0.383 e. The van der Waals surface area contributed by atoms with Gasteiger partial charge in [-0.1, -0.05) is 30.3 Å². The molecule has 1 fully saturated rings. The van der Waals surface area contributed by atoms with Crippen LogP contribution in [0.15, 0.2) is 30.3 Å². The fourth-order valence-electron chi connectivity index (χ4n) is 3.08. The third-order valence-corrected chi connectivity index (χ3v) is 4.39. The molecule has 0 spiro atoms. The van der Waals surface area contributed by atoms with E-state index in [1.807, 2.05) is 56.3 Å². The Morgan fingerprint density at radius 1 is 1.41 bits per heavy atom. The molecule has 1 amide bonds. The van der Waals surface area contributed by atoms with E-state index in [-0.39, 0.29) is 18.6 Å². The van der Waals surface area contributed by atoms with Crippen LogP contribution in [0, 0.1) is 0 Å². The zero-order valence-corrected chi connectivity index (χ0v) is 13.7. The van der Waals surface area contributed by atoms with Crippen molar-refractivity contribution in [3.8, 4) is 0 Å². The fraction of sp³-hybridized carbons (Fsp3) is 0.588. The highest BCUT2D eigenvalue weighted by atomic mass is 16.5. The summed E-state index contributed by atoms with van der Waals surface area (Å²) in [5, 5.41) is 11.2. The van der Waals surface area contributed by atoms with Gasteiger partial charge in [0.15, 0.2) is 0 Å². The lowest BCUT2D eigenvalue weighted by atomic mass is 9.80. The molecule has 5 nitrogen and oxygen atoms in total. The van der Waals surface area contributed by atoms with Gasteiger partial charge < -0.3 is 19.6 Å². The summed E-state index contributed by atoms with van der Waals surface area (Å²) in [4.78, 5) is 16.0. The summed E-state index contributed by atoms with van der Waals surface area (Å²) in [6, 6.07) is 9.58. The van der Waals surface area contributed by atoms with Gasteiger partial charge in [0.2, 0.25) is 5.91 Å². The molecular weight excluding hydrogens is 280 g/mol. The number of amides is 1. The molecule has 2 rings (SSSR count). The maximum absolute atomic E-state index is 12.2. The molecule has 22 heavy (non-hydrogen) atoms.